The first-order valence-corrected chi connectivity index (χ1v) is 5.28. The maximum atomic E-state index is 12.7. The van der Waals surface area contributed by atoms with Crippen molar-refractivity contribution >= 4 is 12.4 Å². The molecule has 0 spiro atoms. The van der Waals surface area contributed by atoms with E-state index in [0.717, 1.165) is 12.1 Å². The molecule has 1 rings (SSSR count). The summed E-state index contributed by atoms with van der Waals surface area (Å²) in [6.45, 7) is -6.01. The van der Waals surface area contributed by atoms with Gasteiger partial charge < -0.3 is 17.7 Å². The van der Waals surface area contributed by atoms with Crippen LogP contribution in [0.5, 0.6) is 5.75 Å². The van der Waals surface area contributed by atoms with Crippen LogP contribution in [0.2, 0.25) is 0 Å². The molecular weight excluding hydrogens is 280 g/mol. The topological polar surface area (TPSA) is 9.23 Å². The van der Waals surface area contributed by atoms with Crippen molar-refractivity contribution in [3.63, 3.8) is 0 Å². The second-order valence-electron chi connectivity index (χ2n) is 3.82. The van der Waals surface area contributed by atoms with Crippen LogP contribution >= 0.6 is 0 Å². The standard InChI is InChI=1S/C10H9BF7O/c12-7-2-3-9(8(6-7)11(16,17)18)19-5-1-4-10(13,14)15/h2-3,6H,1,4-5H2/q-1. The van der Waals surface area contributed by atoms with Gasteiger partial charge in [0.25, 0.3) is 0 Å². The van der Waals surface area contributed by atoms with Gasteiger partial charge in [0.1, 0.15) is 5.82 Å². The number of alkyl halides is 3. The molecule has 0 saturated heterocycles. The van der Waals surface area contributed by atoms with E-state index in [2.05, 4.69) is 4.74 Å². The minimum atomic E-state index is -5.49. The Kier molecular flexibility index (Phi) is 4.70. The first-order chi connectivity index (χ1) is 8.59. The van der Waals surface area contributed by atoms with E-state index in [1.54, 1.807) is 0 Å². The highest BCUT2D eigenvalue weighted by molar-refractivity contribution is 6.74. The third-order valence-corrected chi connectivity index (χ3v) is 2.19. The molecule has 0 bridgehead atoms. The van der Waals surface area contributed by atoms with E-state index in [0.29, 0.717) is 0 Å². The van der Waals surface area contributed by atoms with Crippen LogP contribution in [-0.4, -0.2) is 19.8 Å². The highest BCUT2D eigenvalue weighted by Gasteiger charge is 2.30. The minimum absolute atomic E-state index is 0.263. The van der Waals surface area contributed by atoms with Crippen LogP contribution in [0.15, 0.2) is 18.2 Å². The molecule has 0 amide bonds. The third-order valence-electron chi connectivity index (χ3n) is 2.19. The molecule has 0 aliphatic heterocycles. The van der Waals surface area contributed by atoms with Crippen LogP contribution in [0.25, 0.3) is 0 Å². The van der Waals surface area contributed by atoms with Gasteiger partial charge in [-0.2, -0.15) is 13.2 Å². The van der Waals surface area contributed by atoms with Crippen LogP contribution in [0.4, 0.5) is 30.5 Å². The summed E-state index contributed by atoms with van der Waals surface area (Å²) < 4.78 is 90.5. The molecular formula is C10H9BF7O-. The Morgan fingerprint density at radius 1 is 1.11 bits per heavy atom. The summed E-state index contributed by atoms with van der Waals surface area (Å²) in [4.78, 5) is 0. The number of ether oxygens (including phenoxy) is 1. The lowest BCUT2D eigenvalue weighted by Crippen LogP contribution is -2.35. The summed E-state index contributed by atoms with van der Waals surface area (Å²) in [5.41, 5.74) is -1.29. The summed E-state index contributed by atoms with van der Waals surface area (Å²) in [7, 11) is 0. The maximum Gasteiger partial charge on any atom is 0.513 e. The second kappa shape index (κ2) is 5.71. The van der Waals surface area contributed by atoms with Gasteiger partial charge in [-0.25, -0.2) is 4.39 Å². The van der Waals surface area contributed by atoms with E-state index < -0.39 is 49.6 Å². The Morgan fingerprint density at radius 3 is 2.26 bits per heavy atom. The Labute approximate surface area is 104 Å². The summed E-state index contributed by atoms with van der Waals surface area (Å²) >= 11 is 0. The van der Waals surface area contributed by atoms with Gasteiger partial charge >= 0.3 is 13.2 Å². The first kappa shape index (κ1) is 15.7. The number of hydrogen-bond donors (Lipinski definition) is 0. The van der Waals surface area contributed by atoms with Gasteiger partial charge in [0.2, 0.25) is 0 Å². The lowest BCUT2D eigenvalue weighted by Gasteiger charge is -2.20. The van der Waals surface area contributed by atoms with Gasteiger partial charge in [0.05, 0.1) is 12.4 Å². The Hall–Kier alpha value is -1.41. The summed E-state index contributed by atoms with van der Waals surface area (Å²) in [6, 6.07) is 1.77. The second-order valence-corrected chi connectivity index (χ2v) is 3.82. The lowest BCUT2D eigenvalue weighted by molar-refractivity contribution is -0.136. The van der Waals surface area contributed by atoms with E-state index in [1.165, 1.54) is 0 Å². The van der Waals surface area contributed by atoms with E-state index in [-0.39, 0.29) is 6.07 Å². The van der Waals surface area contributed by atoms with Crippen molar-refractivity contribution in [3.05, 3.63) is 24.0 Å². The molecule has 1 aromatic rings. The molecule has 0 aromatic heterocycles. The molecule has 9 heteroatoms. The zero-order valence-corrected chi connectivity index (χ0v) is 9.48. The molecule has 0 aliphatic carbocycles. The zero-order chi connectivity index (χ0) is 14.7. The van der Waals surface area contributed by atoms with Crippen molar-refractivity contribution in [2.45, 2.75) is 19.0 Å². The van der Waals surface area contributed by atoms with Crippen molar-refractivity contribution < 1.29 is 35.2 Å². The number of benzene rings is 1. The molecule has 0 saturated carbocycles. The van der Waals surface area contributed by atoms with Crippen LogP contribution in [0, 0.1) is 5.82 Å². The first-order valence-electron chi connectivity index (χ1n) is 5.28. The molecule has 19 heavy (non-hydrogen) atoms. The summed E-state index contributed by atoms with van der Waals surface area (Å²) in [5.74, 6) is -1.74. The van der Waals surface area contributed by atoms with E-state index in [4.69, 9.17) is 0 Å². The van der Waals surface area contributed by atoms with Crippen molar-refractivity contribution in [2.75, 3.05) is 6.61 Å². The average molecular weight is 289 g/mol. The van der Waals surface area contributed by atoms with Gasteiger partial charge in [-0.15, -0.1) is 0 Å². The van der Waals surface area contributed by atoms with Crippen molar-refractivity contribution in [1.29, 1.82) is 0 Å². The van der Waals surface area contributed by atoms with Crippen LogP contribution in [0.3, 0.4) is 0 Å². The fourth-order valence-corrected chi connectivity index (χ4v) is 1.36. The highest BCUT2D eigenvalue weighted by Crippen LogP contribution is 2.22. The predicted octanol–water partition coefficient (Wildman–Crippen LogP) is 3.60. The van der Waals surface area contributed by atoms with Gasteiger partial charge in [-0.1, -0.05) is 5.46 Å². The van der Waals surface area contributed by atoms with Crippen molar-refractivity contribution in [1.82, 2.24) is 0 Å². The normalized spacial score (nSPS) is 12.6. The minimum Gasteiger partial charge on any atom is -0.497 e. The number of hydrogen-bond acceptors (Lipinski definition) is 1. The summed E-state index contributed by atoms with van der Waals surface area (Å²) in [6.07, 6.45) is -6.01. The monoisotopic (exact) mass is 289 g/mol. The van der Waals surface area contributed by atoms with Crippen LogP contribution in [0.1, 0.15) is 12.8 Å². The van der Waals surface area contributed by atoms with E-state index in [1.807, 2.05) is 0 Å². The van der Waals surface area contributed by atoms with E-state index >= 15 is 0 Å². The third kappa shape index (κ3) is 5.40. The average Bonchev–Trinajstić information content (AvgIpc) is 2.23. The molecule has 0 aliphatic rings. The van der Waals surface area contributed by atoms with Gasteiger partial charge in [0.15, 0.2) is 0 Å². The molecule has 0 heterocycles. The van der Waals surface area contributed by atoms with Crippen LogP contribution < -0.4 is 10.2 Å². The van der Waals surface area contributed by atoms with E-state index in [9.17, 15) is 30.5 Å². The highest BCUT2D eigenvalue weighted by atomic mass is 19.4. The quantitative estimate of drug-likeness (QED) is 0.457. The SMILES string of the molecule is Fc1ccc(OCCCC(F)(F)F)c([B-](F)(F)F)c1. The summed E-state index contributed by atoms with van der Waals surface area (Å²) in [5, 5.41) is 0. The largest absolute Gasteiger partial charge is 0.513 e. The zero-order valence-electron chi connectivity index (χ0n) is 9.48. The predicted molar refractivity (Wildman–Crippen MR) is 55.9 cm³/mol. The van der Waals surface area contributed by atoms with Gasteiger partial charge in [-0.3, -0.25) is 0 Å². The molecule has 0 atom stereocenters. The molecule has 1 nitrogen and oxygen atoms in total. The maximum absolute atomic E-state index is 12.7. The fraction of sp³-hybridized carbons (Fsp3) is 0.400. The van der Waals surface area contributed by atoms with Crippen molar-refractivity contribution in [2.24, 2.45) is 0 Å². The Morgan fingerprint density at radius 2 is 1.74 bits per heavy atom. The van der Waals surface area contributed by atoms with Gasteiger partial charge in [0, 0.05) is 6.42 Å². The smallest absolute Gasteiger partial charge is 0.497 e. The molecule has 0 fully saturated rings. The fourth-order valence-electron chi connectivity index (χ4n) is 1.36. The lowest BCUT2D eigenvalue weighted by atomic mass is 9.79. The molecule has 0 N–H and O–H groups in total. The number of halogens is 7. The van der Waals surface area contributed by atoms with Crippen LogP contribution in [-0.2, 0) is 0 Å². The van der Waals surface area contributed by atoms with Gasteiger partial charge in [-0.05, 0) is 24.6 Å². The molecule has 0 radical (unpaired) electrons. The molecule has 108 valence electrons. The molecule has 0 unspecified atom stereocenters. The Balaban J connectivity index is 2.68. The molecule has 1 aromatic carbocycles. The number of rotatable bonds is 5. The van der Waals surface area contributed by atoms with Crippen molar-refractivity contribution in [3.8, 4) is 5.75 Å². The Bertz CT molecular complexity index is 427.